The molecule has 0 saturated carbocycles. The van der Waals surface area contributed by atoms with E-state index in [9.17, 15) is 9.59 Å². The highest BCUT2D eigenvalue weighted by Gasteiger charge is 2.29. The number of para-hydroxylation sites is 1. The second-order valence-electron chi connectivity index (χ2n) is 8.80. The van der Waals surface area contributed by atoms with E-state index in [0.29, 0.717) is 42.3 Å². The van der Waals surface area contributed by atoms with Crippen LogP contribution in [0.3, 0.4) is 0 Å². The molecule has 0 spiro atoms. The Labute approximate surface area is 201 Å². The number of methoxy groups -OCH3 is 1. The Kier molecular flexibility index (Phi) is 6.87. The Morgan fingerprint density at radius 2 is 1.76 bits per heavy atom. The van der Waals surface area contributed by atoms with Crippen molar-refractivity contribution < 1.29 is 14.3 Å². The minimum Gasteiger partial charge on any atom is -0.496 e. The molecule has 1 N–H and O–H groups in total. The molecule has 3 amide bonds. The van der Waals surface area contributed by atoms with E-state index in [1.807, 2.05) is 36.1 Å². The first kappa shape index (κ1) is 23.4. The number of hydrogen-bond acceptors (Lipinski definition) is 3. The van der Waals surface area contributed by atoms with Crippen LogP contribution < -0.4 is 15.0 Å². The molecule has 0 aromatic heterocycles. The molecule has 3 aromatic carbocycles. The number of rotatable bonds is 6. The third-order valence-electron chi connectivity index (χ3n) is 6.30. The van der Waals surface area contributed by atoms with E-state index in [2.05, 4.69) is 37.4 Å². The molecule has 0 atom stereocenters. The van der Waals surface area contributed by atoms with Gasteiger partial charge in [-0.25, -0.2) is 4.79 Å². The van der Waals surface area contributed by atoms with Crippen LogP contribution in [0.4, 0.5) is 16.2 Å². The summed E-state index contributed by atoms with van der Waals surface area (Å²) < 4.78 is 5.35. The third-order valence-corrected chi connectivity index (χ3v) is 6.30. The van der Waals surface area contributed by atoms with Gasteiger partial charge in [0.2, 0.25) is 0 Å². The number of hydrogen-bond donors (Lipinski definition) is 1. The lowest BCUT2D eigenvalue weighted by atomic mass is 10.1. The third kappa shape index (κ3) is 4.91. The van der Waals surface area contributed by atoms with Crippen LogP contribution >= 0.6 is 0 Å². The maximum absolute atomic E-state index is 13.5. The molecule has 0 radical (unpaired) electrons. The van der Waals surface area contributed by atoms with Gasteiger partial charge in [0.15, 0.2) is 0 Å². The van der Waals surface area contributed by atoms with Crippen molar-refractivity contribution in [3.63, 3.8) is 0 Å². The van der Waals surface area contributed by atoms with Crippen molar-refractivity contribution in [1.82, 2.24) is 4.90 Å². The molecule has 6 nitrogen and oxygen atoms in total. The first-order valence-electron chi connectivity index (χ1n) is 11.5. The van der Waals surface area contributed by atoms with Crippen LogP contribution in [0.1, 0.15) is 39.0 Å². The van der Waals surface area contributed by atoms with E-state index in [4.69, 9.17) is 4.74 Å². The predicted octanol–water partition coefficient (Wildman–Crippen LogP) is 5.71. The summed E-state index contributed by atoms with van der Waals surface area (Å²) in [6.45, 7) is 8.01. The Bertz CT molecular complexity index is 1220. The molecular formula is C28H31N3O3. The van der Waals surface area contributed by atoms with Crippen molar-refractivity contribution in [3.05, 3.63) is 88.5 Å². The number of anilines is 2. The fourth-order valence-electron chi connectivity index (χ4n) is 4.28. The minimum atomic E-state index is -0.277. The van der Waals surface area contributed by atoms with Crippen molar-refractivity contribution in [3.8, 4) is 5.75 Å². The van der Waals surface area contributed by atoms with Crippen LogP contribution in [0.15, 0.2) is 60.7 Å². The molecule has 0 bridgehead atoms. The zero-order valence-electron chi connectivity index (χ0n) is 20.2. The van der Waals surface area contributed by atoms with Gasteiger partial charge in [0.1, 0.15) is 5.75 Å². The van der Waals surface area contributed by atoms with Crippen LogP contribution in [0.5, 0.6) is 5.75 Å². The summed E-state index contributed by atoms with van der Waals surface area (Å²) in [5, 5.41) is 3.01. The minimum absolute atomic E-state index is 0.0545. The highest BCUT2D eigenvalue weighted by atomic mass is 16.5. The zero-order chi connectivity index (χ0) is 24.2. The number of carbonyl (C=O) groups excluding carboxylic acids is 2. The number of nitrogens with zero attached hydrogens (tertiary/aromatic N) is 2. The molecular weight excluding hydrogens is 426 g/mol. The second-order valence-corrected chi connectivity index (χ2v) is 8.80. The molecule has 34 heavy (non-hydrogen) atoms. The highest BCUT2D eigenvalue weighted by Crippen LogP contribution is 2.31. The van der Waals surface area contributed by atoms with Gasteiger partial charge in [-0.15, -0.1) is 0 Å². The number of carbonyl (C=O) groups is 2. The molecule has 1 aliphatic heterocycles. The fraction of sp³-hybridized carbons (Fsp3) is 0.286. The van der Waals surface area contributed by atoms with Gasteiger partial charge >= 0.3 is 6.03 Å². The van der Waals surface area contributed by atoms with Crippen molar-refractivity contribution in [2.45, 2.75) is 33.7 Å². The average Bonchev–Trinajstić information content (AvgIpc) is 2.83. The lowest BCUT2D eigenvalue weighted by Gasteiger charge is -2.36. The van der Waals surface area contributed by atoms with Crippen LogP contribution in [0, 0.1) is 20.8 Å². The van der Waals surface area contributed by atoms with Gasteiger partial charge in [-0.3, -0.25) is 9.69 Å². The van der Waals surface area contributed by atoms with Crippen molar-refractivity contribution in [2.24, 2.45) is 0 Å². The average molecular weight is 458 g/mol. The smallest absolute Gasteiger partial charge is 0.324 e. The summed E-state index contributed by atoms with van der Waals surface area (Å²) in [6, 6.07) is 19.1. The van der Waals surface area contributed by atoms with Gasteiger partial charge in [0.05, 0.1) is 24.0 Å². The molecule has 0 aliphatic carbocycles. The Morgan fingerprint density at radius 1 is 0.971 bits per heavy atom. The number of ether oxygens (including phenoxy) is 1. The molecule has 3 aromatic rings. The summed E-state index contributed by atoms with van der Waals surface area (Å²) >= 11 is 0. The van der Waals surface area contributed by atoms with Crippen LogP contribution in [0.2, 0.25) is 0 Å². The number of benzene rings is 3. The van der Waals surface area contributed by atoms with E-state index in [1.165, 1.54) is 11.1 Å². The first-order chi connectivity index (χ1) is 16.4. The molecule has 6 heteroatoms. The van der Waals surface area contributed by atoms with E-state index in [-0.39, 0.29) is 11.9 Å². The molecule has 1 saturated heterocycles. The largest absolute Gasteiger partial charge is 0.496 e. The van der Waals surface area contributed by atoms with Crippen molar-refractivity contribution in [2.75, 3.05) is 30.4 Å². The van der Waals surface area contributed by atoms with Gasteiger partial charge < -0.3 is 15.0 Å². The topological polar surface area (TPSA) is 61.9 Å². The molecule has 1 fully saturated rings. The van der Waals surface area contributed by atoms with Gasteiger partial charge in [-0.2, -0.15) is 0 Å². The monoisotopic (exact) mass is 457 g/mol. The molecule has 1 heterocycles. The van der Waals surface area contributed by atoms with E-state index in [1.54, 1.807) is 30.2 Å². The second kappa shape index (κ2) is 10.00. The Morgan fingerprint density at radius 3 is 2.53 bits per heavy atom. The zero-order valence-corrected chi connectivity index (χ0v) is 20.2. The number of urea groups is 1. The van der Waals surface area contributed by atoms with Gasteiger partial charge in [-0.05, 0) is 73.7 Å². The maximum atomic E-state index is 13.5. The van der Waals surface area contributed by atoms with E-state index >= 15 is 0 Å². The number of amides is 3. The van der Waals surface area contributed by atoms with Crippen molar-refractivity contribution >= 4 is 23.3 Å². The SMILES string of the molecule is COc1ccccc1C(=O)Nc1cc(C)ccc1N1CCCN(Cc2ccc(C)c(C)c2)C1=O. The molecule has 4 rings (SSSR count). The first-order valence-corrected chi connectivity index (χ1v) is 11.5. The molecule has 1 aliphatic rings. The maximum Gasteiger partial charge on any atom is 0.324 e. The Balaban J connectivity index is 1.59. The van der Waals surface area contributed by atoms with E-state index < -0.39 is 0 Å². The summed E-state index contributed by atoms with van der Waals surface area (Å²) in [4.78, 5) is 30.2. The van der Waals surface area contributed by atoms with Crippen molar-refractivity contribution in [1.29, 1.82) is 0 Å². The standard InChI is InChI=1S/C28H31N3O3/c1-19-10-13-25(24(16-19)29-27(32)23-8-5-6-9-26(23)34-4)31-15-7-14-30(28(31)33)18-22-12-11-20(2)21(3)17-22/h5-6,8-13,16-17H,7,14-15,18H2,1-4H3,(H,29,32). The highest BCUT2D eigenvalue weighted by molar-refractivity contribution is 6.09. The molecule has 176 valence electrons. The van der Waals surface area contributed by atoms with Gasteiger partial charge in [0, 0.05) is 19.6 Å². The quantitative estimate of drug-likeness (QED) is 0.516. The summed E-state index contributed by atoms with van der Waals surface area (Å²) in [6.07, 6.45) is 0.852. The number of aryl methyl sites for hydroxylation is 3. The summed E-state index contributed by atoms with van der Waals surface area (Å²) in [5.74, 6) is 0.226. The lowest BCUT2D eigenvalue weighted by molar-refractivity contribution is 0.102. The normalized spacial score (nSPS) is 13.7. The number of nitrogens with one attached hydrogen (secondary N) is 1. The van der Waals surface area contributed by atoms with E-state index in [0.717, 1.165) is 17.5 Å². The summed E-state index contributed by atoms with van der Waals surface area (Å²) in [7, 11) is 1.54. The van der Waals surface area contributed by atoms with Crippen LogP contribution in [-0.4, -0.2) is 37.0 Å². The molecule has 0 unspecified atom stereocenters. The summed E-state index contributed by atoms with van der Waals surface area (Å²) in [5.41, 5.74) is 6.33. The fourth-order valence-corrected chi connectivity index (χ4v) is 4.28. The van der Waals surface area contributed by atoms with Gasteiger partial charge in [-0.1, -0.05) is 36.4 Å². The van der Waals surface area contributed by atoms with Gasteiger partial charge in [0.25, 0.3) is 5.91 Å². The van der Waals surface area contributed by atoms with Crippen LogP contribution in [-0.2, 0) is 6.54 Å². The van der Waals surface area contributed by atoms with Crippen LogP contribution in [0.25, 0.3) is 0 Å². The lowest BCUT2D eigenvalue weighted by Crippen LogP contribution is -2.49. The Hall–Kier alpha value is -3.80. The predicted molar refractivity (Wildman–Crippen MR) is 136 cm³/mol.